The van der Waals surface area contributed by atoms with Crippen molar-refractivity contribution < 1.29 is 9.53 Å². The summed E-state index contributed by atoms with van der Waals surface area (Å²) in [5.74, 6) is 0.162. The third kappa shape index (κ3) is 11.5. The zero-order chi connectivity index (χ0) is 12.1. The predicted octanol–water partition coefficient (Wildman–Crippen LogP) is 1.44. The molecule has 0 saturated carbocycles. The van der Waals surface area contributed by atoms with Crippen molar-refractivity contribution in [2.45, 2.75) is 45.4 Å². The lowest BCUT2D eigenvalue weighted by Crippen LogP contribution is -2.25. The molecule has 3 N–H and O–H groups in total. The average Bonchev–Trinajstić information content (AvgIpc) is 2.29. The van der Waals surface area contributed by atoms with E-state index in [0.29, 0.717) is 32.7 Å². The molecule has 4 heteroatoms. The van der Waals surface area contributed by atoms with E-state index in [-0.39, 0.29) is 5.91 Å². The second kappa shape index (κ2) is 12.5. The first-order chi connectivity index (χ1) is 7.81. The van der Waals surface area contributed by atoms with Crippen LogP contribution in [0.4, 0.5) is 0 Å². The van der Waals surface area contributed by atoms with E-state index in [4.69, 9.17) is 10.5 Å². The van der Waals surface area contributed by atoms with Gasteiger partial charge in [0, 0.05) is 26.1 Å². The van der Waals surface area contributed by atoms with Crippen LogP contribution in [0.2, 0.25) is 0 Å². The van der Waals surface area contributed by atoms with Crippen LogP contribution >= 0.6 is 0 Å². The van der Waals surface area contributed by atoms with E-state index in [9.17, 15) is 4.79 Å². The van der Waals surface area contributed by atoms with Crippen LogP contribution in [0.5, 0.6) is 0 Å². The number of unbranched alkanes of at least 4 members (excludes halogenated alkanes) is 3. The maximum Gasteiger partial charge on any atom is 0.219 e. The van der Waals surface area contributed by atoms with E-state index < -0.39 is 0 Å². The van der Waals surface area contributed by atoms with Crippen molar-refractivity contribution >= 4 is 5.91 Å². The summed E-state index contributed by atoms with van der Waals surface area (Å²) in [7, 11) is 0. The number of amides is 1. The van der Waals surface area contributed by atoms with Crippen molar-refractivity contribution in [2.75, 3.05) is 26.3 Å². The van der Waals surface area contributed by atoms with Crippen molar-refractivity contribution in [2.24, 2.45) is 5.73 Å². The summed E-state index contributed by atoms with van der Waals surface area (Å²) < 4.78 is 5.20. The van der Waals surface area contributed by atoms with Gasteiger partial charge in [0.05, 0.1) is 6.61 Å². The van der Waals surface area contributed by atoms with Crippen molar-refractivity contribution in [1.82, 2.24) is 5.32 Å². The Morgan fingerprint density at radius 1 is 1.19 bits per heavy atom. The number of rotatable bonds is 11. The molecule has 0 saturated heterocycles. The lowest BCUT2D eigenvalue weighted by Gasteiger charge is -2.05. The Morgan fingerprint density at radius 2 is 2.00 bits per heavy atom. The summed E-state index contributed by atoms with van der Waals surface area (Å²) >= 11 is 0. The van der Waals surface area contributed by atoms with Gasteiger partial charge in [0.25, 0.3) is 0 Å². The first-order valence-corrected chi connectivity index (χ1v) is 6.35. The molecule has 0 bridgehead atoms. The summed E-state index contributed by atoms with van der Waals surface area (Å²) in [5.41, 5.74) is 5.28. The molecule has 0 radical (unpaired) electrons. The highest BCUT2D eigenvalue weighted by Crippen LogP contribution is 2.01. The fourth-order valence-corrected chi connectivity index (χ4v) is 1.39. The Morgan fingerprint density at radius 3 is 2.69 bits per heavy atom. The van der Waals surface area contributed by atoms with Crippen molar-refractivity contribution in [3.63, 3.8) is 0 Å². The number of nitrogens with two attached hydrogens (primary N) is 1. The highest BCUT2D eigenvalue weighted by Gasteiger charge is 1.99. The van der Waals surface area contributed by atoms with Gasteiger partial charge in [-0.1, -0.05) is 26.2 Å². The highest BCUT2D eigenvalue weighted by molar-refractivity contribution is 5.75. The predicted molar refractivity (Wildman–Crippen MR) is 66.3 cm³/mol. The summed E-state index contributed by atoms with van der Waals surface area (Å²) in [6.45, 7) is 4.71. The molecular weight excluding hydrogens is 204 g/mol. The number of nitrogens with one attached hydrogen (secondary N) is 1. The number of ether oxygens (including phenoxy) is 1. The van der Waals surface area contributed by atoms with Crippen LogP contribution in [0, 0.1) is 0 Å². The molecule has 0 aliphatic carbocycles. The molecule has 0 aromatic carbocycles. The quantitative estimate of drug-likeness (QED) is 0.528. The van der Waals surface area contributed by atoms with Crippen LogP contribution in [0.3, 0.4) is 0 Å². The molecule has 0 aliphatic rings. The SMILES string of the molecule is CCCCCCC(=O)NCCCOCCN. The molecule has 0 heterocycles. The fraction of sp³-hybridized carbons (Fsp3) is 0.917. The summed E-state index contributed by atoms with van der Waals surface area (Å²) in [6.07, 6.45) is 6.11. The van der Waals surface area contributed by atoms with Crippen molar-refractivity contribution in [1.29, 1.82) is 0 Å². The van der Waals surface area contributed by atoms with E-state index in [0.717, 1.165) is 19.3 Å². The Kier molecular flexibility index (Phi) is 12.0. The molecule has 0 unspecified atom stereocenters. The molecule has 0 aliphatic heterocycles. The lowest BCUT2D eigenvalue weighted by molar-refractivity contribution is -0.121. The standard InChI is InChI=1S/C12H26N2O2/c1-2-3-4-5-7-12(15)14-9-6-10-16-11-8-13/h2-11,13H2,1H3,(H,14,15). The van der Waals surface area contributed by atoms with Crippen LogP contribution in [-0.4, -0.2) is 32.2 Å². The van der Waals surface area contributed by atoms with E-state index in [1.54, 1.807) is 0 Å². The fourth-order valence-electron chi connectivity index (χ4n) is 1.39. The Balaban J connectivity index is 3.11. The Hall–Kier alpha value is -0.610. The van der Waals surface area contributed by atoms with Gasteiger partial charge < -0.3 is 15.8 Å². The van der Waals surface area contributed by atoms with Gasteiger partial charge in [-0.3, -0.25) is 4.79 Å². The summed E-state index contributed by atoms with van der Waals surface area (Å²) in [4.78, 5) is 11.3. The lowest BCUT2D eigenvalue weighted by atomic mass is 10.1. The smallest absolute Gasteiger partial charge is 0.219 e. The van der Waals surface area contributed by atoms with Crippen molar-refractivity contribution in [3.05, 3.63) is 0 Å². The maximum atomic E-state index is 11.3. The molecule has 0 fully saturated rings. The molecule has 0 rings (SSSR count). The molecule has 16 heavy (non-hydrogen) atoms. The van der Waals surface area contributed by atoms with Gasteiger partial charge in [0.2, 0.25) is 5.91 Å². The third-order valence-electron chi connectivity index (χ3n) is 2.31. The minimum Gasteiger partial charge on any atom is -0.380 e. The molecule has 0 aromatic heterocycles. The van der Waals surface area contributed by atoms with E-state index in [1.807, 2.05) is 0 Å². The average molecular weight is 230 g/mol. The molecule has 0 aromatic rings. The van der Waals surface area contributed by atoms with Gasteiger partial charge in [0.15, 0.2) is 0 Å². The Labute approximate surface area is 98.9 Å². The largest absolute Gasteiger partial charge is 0.380 e. The molecule has 0 atom stereocenters. The normalized spacial score (nSPS) is 10.4. The highest BCUT2D eigenvalue weighted by atomic mass is 16.5. The third-order valence-corrected chi connectivity index (χ3v) is 2.31. The first kappa shape index (κ1) is 15.4. The summed E-state index contributed by atoms with van der Waals surface area (Å²) in [6, 6.07) is 0. The Bertz CT molecular complexity index is 163. The van der Waals surface area contributed by atoms with Gasteiger partial charge in [-0.2, -0.15) is 0 Å². The van der Waals surface area contributed by atoms with Gasteiger partial charge in [-0.05, 0) is 12.8 Å². The number of hydrogen-bond donors (Lipinski definition) is 2. The molecular formula is C12H26N2O2. The topological polar surface area (TPSA) is 64.3 Å². The zero-order valence-corrected chi connectivity index (χ0v) is 10.5. The maximum absolute atomic E-state index is 11.3. The monoisotopic (exact) mass is 230 g/mol. The molecule has 1 amide bonds. The van der Waals surface area contributed by atoms with Gasteiger partial charge in [0.1, 0.15) is 0 Å². The van der Waals surface area contributed by atoms with Crippen LogP contribution < -0.4 is 11.1 Å². The zero-order valence-electron chi connectivity index (χ0n) is 10.5. The van der Waals surface area contributed by atoms with Gasteiger partial charge in [-0.25, -0.2) is 0 Å². The van der Waals surface area contributed by atoms with Crippen LogP contribution in [0.15, 0.2) is 0 Å². The minimum absolute atomic E-state index is 0.162. The first-order valence-electron chi connectivity index (χ1n) is 6.35. The van der Waals surface area contributed by atoms with Gasteiger partial charge in [-0.15, -0.1) is 0 Å². The van der Waals surface area contributed by atoms with E-state index in [2.05, 4.69) is 12.2 Å². The van der Waals surface area contributed by atoms with E-state index >= 15 is 0 Å². The van der Waals surface area contributed by atoms with Crippen LogP contribution in [0.1, 0.15) is 45.4 Å². The van der Waals surface area contributed by atoms with Crippen molar-refractivity contribution in [3.8, 4) is 0 Å². The number of hydrogen-bond acceptors (Lipinski definition) is 3. The van der Waals surface area contributed by atoms with E-state index in [1.165, 1.54) is 12.8 Å². The van der Waals surface area contributed by atoms with Crippen LogP contribution in [-0.2, 0) is 9.53 Å². The van der Waals surface area contributed by atoms with Crippen LogP contribution in [0.25, 0.3) is 0 Å². The number of carbonyl (C=O) groups is 1. The molecule has 4 nitrogen and oxygen atoms in total. The minimum atomic E-state index is 0.162. The molecule has 0 spiro atoms. The van der Waals surface area contributed by atoms with Gasteiger partial charge >= 0.3 is 0 Å². The number of carbonyl (C=O) groups excluding carboxylic acids is 1. The molecule has 96 valence electrons. The second-order valence-electron chi connectivity index (χ2n) is 3.92. The second-order valence-corrected chi connectivity index (χ2v) is 3.92. The summed E-state index contributed by atoms with van der Waals surface area (Å²) in [5, 5.41) is 2.89.